The van der Waals surface area contributed by atoms with Crippen LogP contribution < -0.4 is 0 Å². The minimum Gasteiger partial charge on any atom is -0.282 e. The molecule has 1 unspecified atom stereocenters. The second-order valence-corrected chi connectivity index (χ2v) is 5.35. The van der Waals surface area contributed by atoms with Gasteiger partial charge in [0.15, 0.2) is 0 Å². The predicted molar refractivity (Wildman–Crippen MR) is 51.7 cm³/mol. The third kappa shape index (κ3) is 0.588. The number of H-pyrrole nitrogens is 1. The van der Waals surface area contributed by atoms with E-state index in [0.29, 0.717) is 10.8 Å². The van der Waals surface area contributed by atoms with Crippen LogP contribution in [0.2, 0.25) is 0 Å². The Morgan fingerprint density at radius 3 is 2.92 bits per heavy atom. The highest BCUT2D eigenvalue weighted by molar-refractivity contribution is 5.43. The van der Waals surface area contributed by atoms with Crippen LogP contribution in [-0.4, -0.2) is 10.2 Å². The fourth-order valence-corrected chi connectivity index (χ4v) is 3.49. The third-order valence-corrected chi connectivity index (χ3v) is 4.82. The van der Waals surface area contributed by atoms with Gasteiger partial charge >= 0.3 is 0 Å². The highest BCUT2D eigenvalue weighted by Crippen LogP contribution is 2.66. The molecule has 1 aromatic rings. The zero-order valence-corrected chi connectivity index (χ0v) is 8.52. The van der Waals surface area contributed by atoms with Gasteiger partial charge in [-0.3, -0.25) is 5.10 Å². The molecule has 1 fully saturated rings. The van der Waals surface area contributed by atoms with Gasteiger partial charge in [0.25, 0.3) is 0 Å². The van der Waals surface area contributed by atoms with Crippen molar-refractivity contribution in [2.45, 2.75) is 44.9 Å². The predicted octanol–water partition coefficient (Wildman–Crippen LogP) is 2.58. The molecule has 2 nitrogen and oxygen atoms in total. The first kappa shape index (κ1) is 7.60. The summed E-state index contributed by atoms with van der Waals surface area (Å²) in [6, 6.07) is 0. The van der Waals surface area contributed by atoms with Gasteiger partial charge in [-0.05, 0) is 29.7 Å². The molecule has 1 N–H and O–H groups in total. The molecule has 1 heterocycles. The van der Waals surface area contributed by atoms with Crippen molar-refractivity contribution < 1.29 is 0 Å². The van der Waals surface area contributed by atoms with E-state index >= 15 is 0 Å². The van der Waals surface area contributed by atoms with Crippen LogP contribution in [0.1, 0.15) is 50.8 Å². The Bertz CT molecular complexity index is 364. The van der Waals surface area contributed by atoms with Crippen LogP contribution in [0.15, 0.2) is 6.20 Å². The van der Waals surface area contributed by atoms with E-state index in [0.717, 1.165) is 5.92 Å². The van der Waals surface area contributed by atoms with Crippen LogP contribution in [0.4, 0.5) is 0 Å². The summed E-state index contributed by atoms with van der Waals surface area (Å²) in [4.78, 5) is 0. The Morgan fingerprint density at radius 1 is 1.46 bits per heavy atom. The van der Waals surface area contributed by atoms with E-state index in [1.165, 1.54) is 24.1 Å². The van der Waals surface area contributed by atoms with E-state index in [2.05, 4.69) is 31.0 Å². The van der Waals surface area contributed by atoms with Crippen molar-refractivity contribution >= 4 is 0 Å². The van der Waals surface area contributed by atoms with Crippen LogP contribution in [-0.2, 0) is 5.41 Å². The summed E-state index contributed by atoms with van der Waals surface area (Å²) < 4.78 is 0. The van der Waals surface area contributed by atoms with E-state index in [9.17, 15) is 0 Å². The van der Waals surface area contributed by atoms with Crippen molar-refractivity contribution in [2.24, 2.45) is 5.41 Å². The molecular weight excluding hydrogens is 160 g/mol. The fraction of sp³-hybridized carbons (Fsp3) is 0.727. The Morgan fingerprint density at radius 2 is 2.23 bits per heavy atom. The summed E-state index contributed by atoms with van der Waals surface area (Å²) in [7, 11) is 0. The number of aromatic amines is 1. The standard InChI is InChI=1S/C11H16N2/c1-10(2)8-4-5-11(10,3)9-7(8)6-12-13-9/h6,8H,4-5H2,1-3H3,(H,12,13)/t8-,11?/m1/s1. The zero-order valence-electron chi connectivity index (χ0n) is 8.52. The average Bonchev–Trinajstić information content (AvgIpc) is 2.63. The normalized spacial score (nSPS) is 39.5. The molecule has 0 radical (unpaired) electrons. The lowest BCUT2D eigenvalue weighted by molar-refractivity contribution is 0.225. The van der Waals surface area contributed by atoms with E-state index in [-0.39, 0.29) is 0 Å². The van der Waals surface area contributed by atoms with Gasteiger partial charge in [-0.1, -0.05) is 20.8 Å². The first-order chi connectivity index (χ1) is 6.07. The van der Waals surface area contributed by atoms with Crippen molar-refractivity contribution in [3.8, 4) is 0 Å². The van der Waals surface area contributed by atoms with Gasteiger partial charge in [-0.25, -0.2) is 0 Å². The number of hydrogen-bond donors (Lipinski definition) is 1. The molecule has 2 atom stereocenters. The van der Waals surface area contributed by atoms with Crippen molar-refractivity contribution in [3.63, 3.8) is 0 Å². The van der Waals surface area contributed by atoms with Crippen molar-refractivity contribution in [2.75, 3.05) is 0 Å². The fourth-order valence-electron chi connectivity index (χ4n) is 3.49. The largest absolute Gasteiger partial charge is 0.282 e. The van der Waals surface area contributed by atoms with E-state index in [1.807, 2.05) is 6.20 Å². The van der Waals surface area contributed by atoms with Crippen LogP contribution in [0.5, 0.6) is 0 Å². The van der Waals surface area contributed by atoms with E-state index < -0.39 is 0 Å². The van der Waals surface area contributed by atoms with Gasteiger partial charge in [-0.2, -0.15) is 5.10 Å². The molecule has 70 valence electrons. The minimum absolute atomic E-state index is 0.351. The second-order valence-electron chi connectivity index (χ2n) is 5.35. The van der Waals surface area contributed by atoms with Gasteiger partial charge in [0.2, 0.25) is 0 Å². The highest BCUT2D eigenvalue weighted by atomic mass is 15.1. The Labute approximate surface area is 78.7 Å². The molecule has 0 saturated heterocycles. The van der Waals surface area contributed by atoms with Crippen LogP contribution >= 0.6 is 0 Å². The van der Waals surface area contributed by atoms with Crippen molar-refractivity contribution in [1.82, 2.24) is 10.2 Å². The lowest BCUT2D eigenvalue weighted by Crippen LogP contribution is -2.31. The molecule has 1 saturated carbocycles. The second kappa shape index (κ2) is 1.84. The smallest absolute Gasteiger partial charge is 0.0525 e. The minimum atomic E-state index is 0.351. The van der Waals surface area contributed by atoms with Crippen molar-refractivity contribution in [1.29, 1.82) is 0 Å². The lowest BCUT2D eigenvalue weighted by atomic mass is 9.70. The quantitative estimate of drug-likeness (QED) is 0.646. The molecule has 0 amide bonds. The summed E-state index contributed by atoms with van der Waals surface area (Å²) in [5.74, 6) is 0.742. The molecule has 0 spiro atoms. The molecule has 2 bridgehead atoms. The zero-order chi connectivity index (χ0) is 9.27. The molecule has 13 heavy (non-hydrogen) atoms. The number of nitrogens with one attached hydrogen (secondary N) is 1. The number of nitrogens with zero attached hydrogens (tertiary/aromatic N) is 1. The monoisotopic (exact) mass is 176 g/mol. The summed E-state index contributed by atoms with van der Waals surface area (Å²) in [6.07, 6.45) is 4.70. The Kier molecular flexibility index (Phi) is 1.07. The Balaban J connectivity index is 2.30. The number of aromatic nitrogens is 2. The van der Waals surface area contributed by atoms with Crippen LogP contribution in [0.25, 0.3) is 0 Å². The molecular formula is C11H16N2. The van der Waals surface area contributed by atoms with Gasteiger partial charge in [0.05, 0.1) is 6.20 Å². The van der Waals surface area contributed by atoms with Gasteiger partial charge in [0.1, 0.15) is 0 Å². The summed E-state index contributed by atoms with van der Waals surface area (Å²) in [5, 5.41) is 7.37. The van der Waals surface area contributed by atoms with Crippen LogP contribution in [0, 0.1) is 5.41 Å². The summed E-state index contributed by atoms with van der Waals surface area (Å²) in [5.41, 5.74) is 3.67. The topological polar surface area (TPSA) is 28.7 Å². The van der Waals surface area contributed by atoms with E-state index in [4.69, 9.17) is 0 Å². The number of rotatable bonds is 0. The van der Waals surface area contributed by atoms with Crippen molar-refractivity contribution in [3.05, 3.63) is 17.5 Å². The lowest BCUT2D eigenvalue weighted by Gasteiger charge is -2.34. The molecule has 2 heteroatoms. The SMILES string of the molecule is CC12CC[C@H](c3cn[nH]c31)C2(C)C. The molecule has 3 rings (SSSR count). The molecule has 1 aromatic heterocycles. The molecule has 0 aromatic carbocycles. The highest BCUT2D eigenvalue weighted by Gasteiger charge is 2.60. The molecule has 2 aliphatic rings. The van der Waals surface area contributed by atoms with E-state index in [1.54, 1.807) is 0 Å². The number of hydrogen-bond acceptors (Lipinski definition) is 1. The van der Waals surface area contributed by atoms with Gasteiger partial charge < -0.3 is 0 Å². The number of fused-ring (bicyclic) bond motifs is 5. The maximum absolute atomic E-state index is 4.17. The van der Waals surface area contributed by atoms with Gasteiger partial charge in [0, 0.05) is 11.1 Å². The first-order valence-electron chi connectivity index (χ1n) is 5.11. The molecule has 2 aliphatic carbocycles. The maximum Gasteiger partial charge on any atom is 0.0525 e. The summed E-state index contributed by atoms with van der Waals surface area (Å²) >= 11 is 0. The Hall–Kier alpha value is -0.790. The maximum atomic E-state index is 4.17. The molecule has 0 aliphatic heterocycles. The third-order valence-electron chi connectivity index (χ3n) is 4.82. The average molecular weight is 176 g/mol. The first-order valence-corrected chi connectivity index (χ1v) is 5.11. The van der Waals surface area contributed by atoms with Gasteiger partial charge in [-0.15, -0.1) is 0 Å². The summed E-state index contributed by atoms with van der Waals surface area (Å²) in [6.45, 7) is 7.19. The van der Waals surface area contributed by atoms with Crippen LogP contribution in [0.3, 0.4) is 0 Å².